The molecule has 0 amide bonds. The van der Waals surface area contributed by atoms with Gasteiger partial charge >= 0.3 is 0 Å². The highest BCUT2D eigenvalue weighted by molar-refractivity contribution is 5.81. The van der Waals surface area contributed by atoms with Crippen LogP contribution in [0.15, 0.2) is 60.6 Å². The van der Waals surface area contributed by atoms with Crippen LogP contribution in [0.1, 0.15) is 37.3 Å². The maximum Gasteiger partial charge on any atom is 0.138 e. The number of nitrogens with two attached hydrogens (primary N) is 1. The molecule has 0 radical (unpaired) electrons. The number of rotatable bonds is 4. The molecule has 1 aromatic carbocycles. The zero-order valence-electron chi connectivity index (χ0n) is 15.0. The van der Waals surface area contributed by atoms with Crippen molar-refractivity contribution in [3.05, 3.63) is 66.1 Å². The number of pyridine rings is 1. The zero-order valence-corrected chi connectivity index (χ0v) is 15.0. The first kappa shape index (κ1) is 15.9. The number of benzene rings is 1. The smallest absolute Gasteiger partial charge is 0.138 e. The van der Waals surface area contributed by atoms with E-state index in [4.69, 9.17) is 5.73 Å². The quantitative estimate of drug-likeness (QED) is 0.471. The molecule has 4 N–H and O–H groups in total. The maximum atomic E-state index is 6.08. The first-order valence-electron chi connectivity index (χ1n) is 9.39. The molecule has 1 aliphatic rings. The van der Waals surface area contributed by atoms with Crippen molar-refractivity contribution in [1.29, 1.82) is 0 Å². The Morgan fingerprint density at radius 2 is 2.11 bits per heavy atom. The molecule has 136 valence electrons. The minimum absolute atomic E-state index is 0.112. The first-order valence-corrected chi connectivity index (χ1v) is 9.39. The van der Waals surface area contributed by atoms with Gasteiger partial charge in [0.25, 0.3) is 0 Å². The van der Waals surface area contributed by atoms with E-state index in [0.29, 0.717) is 5.82 Å². The number of nitrogens with one attached hydrogen (secondary N) is 2. The summed E-state index contributed by atoms with van der Waals surface area (Å²) in [6.07, 6.45) is 12.8. The Balaban J connectivity index is 1.56. The second-order valence-electron chi connectivity index (χ2n) is 7.15. The van der Waals surface area contributed by atoms with E-state index < -0.39 is 0 Å². The summed E-state index contributed by atoms with van der Waals surface area (Å²) in [5, 5.41) is 12.0. The van der Waals surface area contributed by atoms with Gasteiger partial charge in [0.1, 0.15) is 11.5 Å². The number of hydrogen-bond acceptors (Lipinski definition) is 4. The van der Waals surface area contributed by atoms with Crippen LogP contribution >= 0.6 is 0 Å². The predicted octanol–water partition coefficient (Wildman–Crippen LogP) is 4.45. The molecule has 1 aliphatic carbocycles. The Kier molecular flexibility index (Phi) is 3.81. The van der Waals surface area contributed by atoms with Gasteiger partial charge in [-0.05, 0) is 61.1 Å². The van der Waals surface area contributed by atoms with Crippen LogP contribution in [0, 0.1) is 0 Å². The monoisotopic (exact) mass is 358 g/mol. The van der Waals surface area contributed by atoms with E-state index in [0.717, 1.165) is 35.1 Å². The van der Waals surface area contributed by atoms with E-state index in [2.05, 4.69) is 57.0 Å². The lowest BCUT2D eigenvalue weighted by atomic mass is 9.90. The number of nitrogen functional groups attached to an aromatic ring is 1. The van der Waals surface area contributed by atoms with Crippen LogP contribution in [0.4, 0.5) is 11.5 Å². The highest BCUT2D eigenvalue weighted by Gasteiger charge is 2.19. The minimum atomic E-state index is 0.112. The Hall–Kier alpha value is -3.28. The van der Waals surface area contributed by atoms with E-state index in [9.17, 15) is 0 Å². The average molecular weight is 358 g/mol. The maximum absolute atomic E-state index is 6.08. The summed E-state index contributed by atoms with van der Waals surface area (Å²) in [4.78, 5) is 4.34. The van der Waals surface area contributed by atoms with Gasteiger partial charge in [0.05, 0.1) is 24.0 Å². The number of H-pyrrole nitrogens is 1. The molecule has 1 atom stereocenters. The van der Waals surface area contributed by atoms with E-state index in [1.807, 2.05) is 16.7 Å². The predicted molar refractivity (Wildman–Crippen MR) is 109 cm³/mol. The molecule has 4 aromatic rings. The number of anilines is 2. The number of imidazole rings is 1. The van der Waals surface area contributed by atoms with Gasteiger partial charge < -0.3 is 11.1 Å². The van der Waals surface area contributed by atoms with Crippen LogP contribution in [-0.2, 0) is 0 Å². The largest absolute Gasteiger partial charge is 0.383 e. The summed E-state index contributed by atoms with van der Waals surface area (Å²) >= 11 is 0. The number of allylic oxidation sites excluding steroid dienone is 1. The fraction of sp³-hybridized carbons (Fsp3) is 0.238. The zero-order chi connectivity index (χ0) is 18.2. The van der Waals surface area contributed by atoms with E-state index in [-0.39, 0.29) is 6.04 Å². The Morgan fingerprint density at radius 1 is 1.15 bits per heavy atom. The van der Waals surface area contributed by atoms with E-state index in [1.54, 1.807) is 6.20 Å². The molecule has 0 spiro atoms. The molecule has 0 saturated carbocycles. The van der Waals surface area contributed by atoms with Crippen molar-refractivity contribution in [1.82, 2.24) is 19.6 Å². The lowest BCUT2D eigenvalue weighted by molar-refractivity contribution is 0.661. The number of aromatic nitrogens is 4. The third kappa shape index (κ3) is 2.93. The van der Waals surface area contributed by atoms with E-state index in [1.165, 1.54) is 24.0 Å². The summed E-state index contributed by atoms with van der Waals surface area (Å²) in [6.45, 7) is 0. The summed E-state index contributed by atoms with van der Waals surface area (Å²) in [5.41, 5.74) is 11.7. The average Bonchev–Trinajstić information content (AvgIpc) is 3.33. The topological polar surface area (TPSA) is 84.0 Å². The first-order chi connectivity index (χ1) is 13.3. The van der Waals surface area contributed by atoms with Crippen LogP contribution in [0.5, 0.6) is 0 Å². The summed E-state index contributed by atoms with van der Waals surface area (Å²) in [5.74, 6) is 0.656. The fourth-order valence-corrected chi connectivity index (χ4v) is 3.90. The molecule has 0 bridgehead atoms. The van der Waals surface area contributed by atoms with Crippen LogP contribution in [-0.4, -0.2) is 19.6 Å². The third-order valence-corrected chi connectivity index (χ3v) is 5.34. The summed E-state index contributed by atoms with van der Waals surface area (Å²) in [6, 6.07) is 10.6. The number of fused-ring (bicyclic) bond motifs is 2. The Bertz CT molecular complexity index is 1140. The van der Waals surface area contributed by atoms with Crippen molar-refractivity contribution in [2.75, 3.05) is 11.1 Å². The fourth-order valence-electron chi connectivity index (χ4n) is 3.90. The molecular formula is C21H22N6. The lowest BCUT2D eigenvalue weighted by Crippen LogP contribution is -2.16. The highest BCUT2D eigenvalue weighted by atomic mass is 15.1. The molecule has 6 heteroatoms. The summed E-state index contributed by atoms with van der Waals surface area (Å²) in [7, 11) is 0. The Labute approximate surface area is 157 Å². The minimum Gasteiger partial charge on any atom is -0.383 e. The van der Waals surface area contributed by atoms with Gasteiger partial charge in [-0.25, -0.2) is 4.98 Å². The van der Waals surface area contributed by atoms with Gasteiger partial charge in [-0.15, -0.1) is 0 Å². The van der Waals surface area contributed by atoms with Crippen LogP contribution in [0.2, 0.25) is 0 Å². The van der Waals surface area contributed by atoms with Gasteiger partial charge in [-0.1, -0.05) is 12.1 Å². The summed E-state index contributed by atoms with van der Waals surface area (Å²) < 4.78 is 1.95. The number of hydrogen-bond donors (Lipinski definition) is 3. The number of nitrogens with zero attached hydrogens (tertiary/aromatic N) is 3. The third-order valence-electron chi connectivity index (χ3n) is 5.34. The molecular weight excluding hydrogens is 336 g/mol. The van der Waals surface area contributed by atoms with Crippen molar-refractivity contribution >= 4 is 28.1 Å². The number of aromatic amines is 1. The highest BCUT2D eigenvalue weighted by Crippen LogP contribution is 2.34. The molecule has 6 nitrogen and oxygen atoms in total. The normalized spacial score (nSPS) is 15.8. The van der Waals surface area contributed by atoms with Crippen LogP contribution in [0.3, 0.4) is 0 Å². The molecule has 1 unspecified atom stereocenters. The molecule has 0 fully saturated rings. The Morgan fingerprint density at radius 3 is 3.00 bits per heavy atom. The standard InChI is InChI=1S/C21H22N6/c22-19-12-23-20-9-6-15(13-27(19)20)21(14-4-2-1-3-5-14)25-17-7-8-18-16(10-17)11-24-26-18/h4,6-13,21,25H,1-3,5,22H2,(H,24,26). The molecule has 27 heavy (non-hydrogen) atoms. The molecule has 5 rings (SSSR count). The van der Waals surface area contributed by atoms with Gasteiger partial charge in [0.2, 0.25) is 0 Å². The molecule has 0 aliphatic heterocycles. The van der Waals surface area contributed by atoms with Crippen molar-refractivity contribution in [3.63, 3.8) is 0 Å². The van der Waals surface area contributed by atoms with Crippen LogP contribution in [0.25, 0.3) is 16.6 Å². The van der Waals surface area contributed by atoms with Gasteiger partial charge in [0.15, 0.2) is 0 Å². The second kappa shape index (κ2) is 6.46. The van der Waals surface area contributed by atoms with Gasteiger partial charge in [0, 0.05) is 17.3 Å². The molecule has 3 heterocycles. The van der Waals surface area contributed by atoms with Crippen molar-refractivity contribution in [2.45, 2.75) is 31.7 Å². The van der Waals surface area contributed by atoms with E-state index >= 15 is 0 Å². The van der Waals surface area contributed by atoms with Crippen molar-refractivity contribution < 1.29 is 0 Å². The van der Waals surface area contributed by atoms with Crippen LogP contribution < -0.4 is 11.1 Å². The van der Waals surface area contributed by atoms with Crippen molar-refractivity contribution in [2.24, 2.45) is 0 Å². The molecule has 0 saturated heterocycles. The molecule has 3 aromatic heterocycles. The second-order valence-corrected chi connectivity index (χ2v) is 7.15. The van der Waals surface area contributed by atoms with Gasteiger partial charge in [-0.3, -0.25) is 9.50 Å². The lowest BCUT2D eigenvalue weighted by Gasteiger charge is -2.26. The SMILES string of the molecule is Nc1cnc2ccc(C(Nc3ccc4[nH]ncc4c3)C3=CCCCC3)cn12. The van der Waals surface area contributed by atoms with Gasteiger partial charge in [-0.2, -0.15) is 5.10 Å². The van der Waals surface area contributed by atoms with Crippen molar-refractivity contribution in [3.8, 4) is 0 Å².